The molecule has 0 aliphatic carbocycles. The zero-order chi connectivity index (χ0) is 14.6. The Kier molecular flexibility index (Phi) is 5.97. The average molecular weight is 284 g/mol. The summed E-state index contributed by atoms with van der Waals surface area (Å²) in [5.41, 5.74) is 1.13. The van der Waals surface area contributed by atoms with Crippen LogP contribution in [0.15, 0.2) is 6.07 Å². The molecule has 5 heteroatoms. The third-order valence-electron chi connectivity index (χ3n) is 3.26. The van der Waals surface area contributed by atoms with Crippen LogP contribution in [-0.4, -0.2) is 54.1 Å². The second kappa shape index (κ2) is 7.03. The number of carboxylic acid groups (broad SMARTS) is 1. The van der Waals surface area contributed by atoms with Gasteiger partial charge in [0.2, 0.25) is 0 Å². The molecule has 1 atom stereocenters. The van der Waals surface area contributed by atoms with Crippen molar-refractivity contribution in [3.63, 3.8) is 0 Å². The summed E-state index contributed by atoms with van der Waals surface area (Å²) in [6, 6.07) is 2.26. The van der Waals surface area contributed by atoms with E-state index in [0.29, 0.717) is 10.9 Å². The Bertz CT molecular complexity index is 429. The van der Waals surface area contributed by atoms with Gasteiger partial charge in [-0.15, -0.1) is 11.3 Å². The van der Waals surface area contributed by atoms with Crippen molar-refractivity contribution in [2.24, 2.45) is 0 Å². The molecule has 0 aliphatic heterocycles. The summed E-state index contributed by atoms with van der Waals surface area (Å²) in [7, 11) is 4.14. The number of aryl methyl sites for hydroxylation is 1. The summed E-state index contributed by atoms with van der Waals surface area (Å²) in [6.07, 6.45) is 0. The maximum absolute atomic E-state index is 11.0. The fourth-order valence-electron chi connectivity index (χ4n) is 2.22. The fraction of sp³-hybridized carbons (Fsp3) is 0.643. The van der Waals surface area contributed by atoms with Gasteiger partial charge in [0.25, 0.3) is 0 Å². The summed E-state index contributed by atoms with van der Waals surface area (Å²) < 4.78 is 0. The minimum absolute atomic E-state index is 0.434. The average Bonchev–Trinajstić information content (AvgIpc) is 2.66. The zero-order valence-corrected chi connectivity index (χ0v) is 13.3. The summed E-state index contributed by atoms with van der Waals surface area (Å²) in [6.45, 7) is 9.14. The minimum Gasteiger partial charge on any atom is -0.477 e. The molecule has 0 spiro atoms. The van der Waals surface area contributed by atoms with Crippen molar-refractivity contribution in [3.05, 3.63) is 21.4 Å². The molecule has 0 saturated carbocycles. The fourth-order valence-corrected chi connectivity index (χ4v) is 3.10. The first-order valence-electron chi connectivity index (χ1n) is 6.56. The van der Waals surface area contributed by atoms with E-state index in [-0.39, 0.29) is 0 Å². The van der Waals surface area contributed by atoms with Gasteiger partial charge in [0.15, 0.2) is 0 Å². The Hall–Kier alpha value is -0.910. The molecular formula is C14H24N2O2S. The second-order valence-electron chi connectivity index (χ2n) is 5.17. The lowest BCUT2D eigenvalue weighted by Gasteiger charge is -2.29. The standard InChI is InChI=1S/C14H24N2O2S/c1-6-16(10(2)8-15(4)5)9-12-7-13(14(17)18)19-11(12)3/h7,10H,6,8-9H2,1-5H3,(H,17,18). The lowest BCUT2D eigenvalue weighted by molar-refractivity contribution is 0.0702. The van der Waals surface area contributed by atoms with Crippen molar-refractivity contribution in [3.8, 4) is 0 Å². The van der Waals surface area contributed by atoms with E-state index in [1.54, 1.807) is 0 Å². The van der Waals surface area contributed by atoms with E-state index in [0.717, 1.165) is 30.1 Å². The number of carbonyl (C=O) groups is 1. The van der Waals surface area contributed by atoms with Crippen molar-refractivity contribution in [2.75, 3.05) is 27.2 Å². The monoisotopic (exact) mass is 284 g/mol. The first kappa shape index (κ1) is 16.1. The van der Waals surface area contributed by atoms with Crippen LogP contribution in [0.3, 0.4) is 0 Å². The predicted molar refractivity (Wildman–Crippen MR) is 80.1 cm³/mol. The Morgan fingerprint density at radius 2 is 2.11 bits per heavy atom. The summed E-state index contributed by atoms with van der Waals surface area (Å²) in [4.78, 5) is 17.1. The third kappa shape index (κ3) is 4.60. The molecule has 0 amide bonds. The highest BCUT2D eigenvalue weighted by atomic mass is 32.1. The summed E-state index contributed by atoms with van der Waals surface area (Å²) in [5.74, 6) is -0.830. The minimum atomic E-state index is -0.830. The number of hydrogen-bond donors (Lipinski definition) is 1. The molecule has 108 valence electrons. The van der Waals surface area contributed by atoms with Crippen molar-refractivity contribution in [2.45, 2.75) is 33.4 Å². The van der Waals surface area contributed by atoms with E-state index in [4.69, 9.17) is 5.11 Å². The molecule has 4 nitrogen and oxygen atoms in total. The Balaban J connectivity index is 2.78. The molecular weight excluding hydrogens is 260 g/mol. The first-order chi connectivity index (χ1) is 8.85. The van der Waals surface area contributed by atoms with Crippen LogP contribution < -0.4 is 0 Å². The van der Waals surface area contributed by atoms with Gasteiger partial charge in [0.1, 0.15) is 4.88 Å². The molecule has 0 fully saturated rings. The molecule has 0 aromatic carbocycles. The van der Waals surface area contributed by atoms with Crippen LogP contribution in [0.25, 0.3) is 0 Å². The quantitative estimate of drug-likeness (QED) is 0.835. The molecule has 1 aromatic heterocycles. The van der Waals surface area contributed by atoms with E-state index in [1.165, 1.54) is 11.3 Å². The van der Waals surface area contributed by atoms with Gasteiger partial charge in [-0.25, -0.2) is 4.79 Å². The number of thiophene rings is 1. The predicted octanol–water partition coefficient (Wildman–Crippen LogP) is 2.53. The Morgan fingerprint density at radius 3 is 2.53 bits per heavy atom. The smallest absolute Gasteiger partial charge is 0.345 e. The van der Waals surface area contributed by atoms with Gasteiger partial charge in [0, 0.05) is 24.0 Å². The second-order valence-corrected chi connectivity index (χ2v) is 6.43. The van der Waals surface area contributed by atoms with Gasteiger partial charge < -0.3 is 10.0 Å². The zero-order valence-electron chi connectivity index (χ0n) is 12.4. The van der Waals surface area contributed by atoms with E-state index in [1.807, 2.05) is 13.0 Å². The molecule has 1 heterocycles. The van der Waals surface area contributed by atoms with E-state index in [2.05, 4.69) is 37.7 Å². The highest BCUT2D eigenvalue weighted by molar-refractivity contribution is 7.14. The lowest BCUT2D eigenvalue weighted by Crippen LogP contribution is -2.39. The van der Waals surface area contributed by atoms with E-state index in [9.17, 15) is 4.79 Å². The van der Waals surface area contributed by atoms with Crippen LogP contribution in [0.2, 0.25) is 0 Å². The maximum atomic E-state index is 11.0. The van der Waals surface area contributed by atoms with Crippen LogP contribution in [0, 0.1) is 6.92 Å². The maximum Gasteiger partial charge on any atom is 0.345 e. The number of hydrogen-bond acceptors (Lipinski definition) is 4. The highest BCUT2D eigenvalue weighted by Gasteiger charge is 2.17. The lowest BCUT2D eigenvalue weighted by atomic mass is 10.2. The largest absolute Gasteiger partial charge is 0.477 e. The van der Waals surface area contributed by atoms with Crippen LogP contribution >= 0.6 is 11.3 Å². The molecule has 0 radical (unpaired) electrons. The van der Waals surface area contributed by atoms with Crippen LogP contribution in [0.4, 0.5) is 0 Å². The first-order valence-corrected chi connectivity index (χ1v) is 7.38. The molecule has 0 aliphatic rings. The number of rotatable bonds is 7. The van der Waals surface area contributed by atoms with Crippen molar-refractivity contribution in [1.82, 2.24) is 9.80 Å². The molecule has 1 unspecified atom stereocenters. The normalized spacial score (nSPS) is 13.2. The van der Waals surface area contributed by atoms with Crippen molar-refractivity contribution in [1.29, 1.82) is 0 Å². The molecule has 19 heavy (non-hydrogen) atoms. The van der Waals surface area contributed by atoms with E-state index >= 15 is 0 Å². The van der Waals surface area contributed by atoms with Gasteiger partial charge in [-0.1, -0.05) is 6.92 Å². The van der Waals surface area contributed by atoms with Crippen LogP contribution in [0.1, 0.15) is 34.0 Å². The molecule has 1 rings (SSSR count). The topological polar surface area (TPSA) is 43.8 Å². The van der Waals surface area contributed by atoms with Gasteiger partial charge in [-0.05, 0) is 46.1 Å². The summed E-state index contributed by atoms with van der Waals surface area (Å²) >= 11 is 1.36. The molecule has 1 N–H and O–H groups in total. The van der Waals surface area contributed by atoms with Gasteiger partial charge in [-0.3, -0.25) is 4.90 Å². The molecule has 0 saturated heterocycles. The number of aromatic carboxylic acids is 1. The van der Waals surface area contributed by atoms with Gasteiger partial charge in [-0.2, -0.15) is 0 Å². The SMILES string of the molecule is CCN(Cc1cc(C(=O)O)sc1C)C(C)CN(C)C. The Labute approximate surface area is 119 Å². The van der Waals surface area contributed by atoms with Gasteiger partial charge >= 0.3 is 5.97 Å². The third-order valence-corrected chi connectivity index (χ3v) is 4.34. The molecule has 0 bridgehead atoms. The number of nitrogens with zero attached hydrogens (tertiary/aromatic N) is 2. The van der Waals surface area contributed by atoms with Gasteiger partial charge in [0.05, 0.1) is 0 Å². The van der Waals surface area contributed by atoms with Crippen LogP contribution in [0.5, 0.6) is 0 Å². The van der Waals surface area contributed by atoms with Crippen molar-refractivity contribution >= 4 is 17.3 Å². The van der Waals surface area contributed by atoms with Crippen molar-refractivity contribution < 1.29 is 9.90 Å². The van der Waals surface area contributed by atoms with E-state index < -0.39 is 5.97 Å². The molecule has 1 aromatic rings. The van der Waals surface area contributed by atoms with Crippen LogP contribution in [-0.2, 0) is 6.54 Å². The number of likely N-dealkylation sites (N-methyl/N-ethyl adjacent to an activating group) is 2. The number of carboxylic acids is 1. The highest BCUT2D eigenvalue weighted by Crippen LogP contribution is 2.23. The Morgan fingerprint density at radius 1 is 1.47 bits per heavy atom. The summed E-state index contributed by atoms with van der Waals surface area (Å²) in [5, 5.41) is 9.03.